The topological polar surface area (TPSA) is 74.2 Å². The predicted molar refractivity (Wildman–Crippen MR) is 124 cm³/mol. The van der Waals surface area contributed by atoms with Gasteiger partial charge >= 0.3 is 5.97 Å². The molecule has 2 atom stereocenters. The predicted octanol–water partition coefficient (Wildman–Crippen LogP) is 5.95. The molecule has 5 heteroatoms. The molecule has 4 saturated carbocycles. The average molecular weight is 424 g/mol. The molecule has 2 aromatic carbocycles. The molecule has 32 heavy (non-hydrogen) atoms. The summed E-state index contributed by atoms with van der Waals surface area (Å²) in [7, 11) is 0. The molecular formula is C27H25N3O2. The van der Waals surface area contributed by atoms with Crippen molar-refractivity contribution in [2.24, 2.45) is 23.2 Å². The van der Waals surface area contributed by atoms with Crippen molar-refractivity contribution >= 4 is 28.8 Å². The summed E-state index contributed by atoms with van der Waals surface area (Å²) in [6.45, 7) is 0. The lowest BCUT2D eigenvalue weighted by atomic mass is 9.12. The van der Waals surface area contributed by atoms with Gasteiger partial charge < -0.3 is 15.7 Å². The number of hydrogen-bond acceptors (Lipinski definition) is 4. The second-order valence-electron chi connectivity index (χ2n) is 10.1. The lowest BCUT2D eigenvalue weighted by Gasteiger charge is -2.91. The molecule has 1 heterocycles. The van der Waals surface area contributed by atoms with Crippen LogP contribution in [0.5, 0.6) is 0 Å². The van der Waals surface area contributed by atoms with E-state index < -0.39 is 5.97 Å². The quantitative estimate of drug-likeness (QED) is 0.456. The summed E-state index contributed by atoms with van der Waals surface area (Å²) < 4.78 is 0. The van der Waals surface area contributed by atoms with E-state index in [4.69, 9.17) is 0 Å². The van der Waals surface area contributed by atoms with E-state index in [1.54, 1.807) is 18.3 Å². The Morgan fingerprint density at radius 1 is 0.875 bits per heavy atom. The molecule has 0 aliphatic heterocycles. The van der Waals surface area contributed by atoms with Crippen molar-refractivity contribution in [3.8, 4) is 0 Å². The third kappa shape index (κ3) is 2.14. The van der Waals surface area contributed by atoms with Crippen molar-refractivity contribution in [1.82, 2.24) is 4.98 Å². The fourth-order valence-corrected chi connectivity index (χ4v) is 7.93. The molecule has 1 spiro atoms. The number of hydrogen-bond donors (Lipinski definition) is 3. The maximum Gasteiger partial charge on any atom is 0.339 e. The van der Waals surface area contributed by atoms with Crippen LogP contribution < -0.4 is 10.6 Å². The van der Waals surface area contributed by atoms with Crippen molar-refractivity contribution in [1.29, 1.82) is 0 Å². The van der Waals surface area contributed by atoms with Crippen molar-refractivity contribution in [2.75, 3.05) is 10.6 Å². The molecule has 0 amide bonds. The first-order chi connectivity index (χ1) is 15.6. The number of pyridine rings is 1. The van der Waals surface area contributed by atoms with Crippen LogP contribution in [0.4, 0.5) is 22.9 Å². The molecule has 0 radical (unpaired) electrons. The van der Waals surface area contributed by atoms with Crippen LogP contribution in [0, 0.1) is 23.2 Å². The zero-order chi connectivity index (χ0) is 21.5. The Labute approximate surface area is 186 Å². The van der Waals surface area contributed by atoms with Gasteiger partial charge in [-0.15, -0.1) is 0 Å². The fraction of sp³-hybridized carbons (Fsp3) is 0.333. The molecule has 7 rings (SSSR count). The number of aromatic nitrogens is 1. The number of carboxylic acids is 1. The summed E-state index contributed by atoms with van der Waals surface area (Å²) in [5, 5.41) is 16.0. The van der Waals surface area contributed by atoms with Crippen LogP contribution in [0.3, 0.4) is 0 Å². The van der Waals surface area contributed by atoms with E-state index in [2.05, 4.69) is 39.9 Å². The Hall–Kier alpha value is -3.34. The molecule has 3 aromatic rings. The molecule has 5 nitrogen and oxygen atoms in total. The van der Waals surface area contributed by atoms with Crippen LogP contribution in [0.1, 0.15) is 41.6 Å². The van der Waals surface area contributed by atoms with Gasteiger partial charge in [-0.3, -0.25) is 0 Å². The summed E-state index contributed by atoms with van der Waals surface area (Å²) >= 11 is 0. The van der Waals surface area contributed by atoms with Gasteiger partial charge in [0.25, 0.3) is 0 Å². The summed E-state index contributed by atoms with van der Waals surface area (Å²) in [6, 6.07) is 20.1. The summed E-state index contributed by atoms with van der Waals surface area (Å²) in [6.07, 6.45) is 7.36. The third-order valence-corrected chi connectivity index (χ3v) is 9.07. The van der Waals surface area contributed by atoms with Gasteiger partial charge in [-0.2, -0.15) is 0 Å². The van der Waals surface area contributed by atoms with Crippen molar-refractivity contribution < 1.29 is 9.90 Å². The molecule has 0 bridgehead atoms. The smallest absolute Gasteiger partial charge is 0.339 e. The maximum absolute atomic E-state index is 11.4. The Bertz CT molecular complexity index is 1230. The van der Waals surface area contributed by atoms with Gasteiger partial charge in [-0.05, 0) is 103 Å². The van der Waals surface area contributed by atoms with Gasteiger partial charge in [-0.1, -0.05) is 12.1 Å². The largest absolute Gasteiger partial charge is 0.478 e. The van der Waals surface area contributed by atoms with Crippen LogP contribution >= 0.6 is 0 Å². The fourth-order valence-electron chi connectivity index (χ4n) is 7.93. The first-order valence-corrected chi connectivity index (χ1v) is 11.5. The lowest BCUT2D eigenvalue weighted by Crippen LogP contribution is -2.87. The lowest BCUT2D eigenvalue weighted by molar-refractivity contribution is -0.395. The van der Waals surface area contributed by atoms with E-state index in [-0.39, 0.29) is 5.56 Å². The van der Waals surface area contributed by atoms with Crippen LogP contribution in [0.2, 0.25) is 0 Å². The van der Waals surface area contributed by atoms with E-state index in [1.165, 1.54) is 31.2 Å². The minimum atomic E-state index is -0.997. The molecule has 4 fully saturated rings. The maximum atomic E-state index is 11.4. The number of nitrogens with one attached hydrogen (secondary N) is 2. The third-order valence-electron chi connectivity index (χ3n) is 9.07. The number of carboxylic acid groups (broad SMARTS) is 1. The van der Waals surface area contributed by atoms with Crippen LogP contribution in [0.25, 0.3) is 0 Å². The summed E-state index contributed by atoms with van der Waals surface area (Å²) in [5.74, 6) is 2.38. The van der Waals surface area contributed by atoms with E-state index >= 15 is 0 Å². The van der Waals surface area contributed by atoms with Gasteiger partial charge in [-0.25, -0.2) is 9.78 Å². The van der Waals surface area contributed by atoms with E-state index in [9.17, 15) is 9.90 Å². The van der Waals surface area contributed by atoms with Gasteiger partial charge in [0, 0.05) is 28.7 Å². The van der Waals surface area contributed by atoms with Crippen LogP contribution in [0.15, 0.2) is 66.9 Å². The monoisotopic (exact) mass is 423 g/mol. The zero-order valence-electron chi connectivity index (χ0n) is 17.7. The Morgan fingerprint density at radius 2 is 1.59 bits per heavy atom. The average Bonchev–Trinajstić information content (AvgIpc) is 2.74. The number of rotatable bonds is 6. The molecule has 4 aliphatic carbocycles. The van der Waals surface area contributed by atoms with Gasteiger partial charge in [0.1, 0.15) is 11.4 Å². The number of carbonyl (C=O) groups is 1. The second-order valence-corrected chi connectivity index (χ2v) is 10.1. The van der Waals surface area contributed by atoms with Crippen LogP contribution in [-0.2, 0) is 5.41 Å². The highest BCUT2D eigenvalue weighted by Crippen LogP contribution is 2.92. The normalized spacial score (nSPS) is 32.7. The summed E-state index contributed by atoms with van der Waals surface area (Å²) in [5.41, 5.74) is 5.79. The first kappa shape index (κ1) is 18.3. The highest BCUT2D eigenvalue weighted by molar-refractivity contribution is 5.93. The molecular weight excluding hydrogens is 398 g/mol. The van der Waals surface area contributed by atoms with Crippen molar-refractivity contribution in [3.63, 3.8) is 0 Å². The Morgan fingerprint density at radius 3 is 2.25 bits per heavy atom. The molecule has 1 aromatic heterocycles. The minimum Gasteiger partial charge on any atom is -0.478 e. The molecule has 0 saturated heterocycles. The van der Waals surface area contributed by atoms with Crippen LogP contribution in [-0.4, -0.2) is 16.1 Å². The highest BCUT2D eigenvalue weighted by atomic mass is 16.4. The SMILES string of the molecule is O=C(O)c1cccnc1Nc1ccc(Nc2cccc(C34CC5CC6CC(C3)C654)c2)cc1. The number of anilines is 4. The van der Waals surface area contributed by atoms with E-state index in [0.717, 1.165) is 34.8 Å². The van der Waals surface area contributed by atoms with Crippen molar-refractivity contribution in [3.05, 3.63) is 78.0 Å². The van der Waals surface area contributed by atoms with Crippen molar-refractivity contribution in [2.45, 2.75) is 31.1 Å². The molecule has 160 valence electrons. The van der Waals surface area contributed by atoms with Gasteiger partial charge in [0.2, 0.25) is 0 Å². The first-order valence-electron chi connectivity index (χ1n) is 11.5. The molecule has 4 aliphatic rings. The van der Waals surface area contributed by atoms with E-state index in [0.29, 0.717) is 16.6 Å². The number of benzene rings is 2. The second kappa shape index (κ2) is 6.12. The number of nitrogens with zero attached hydrogens (tertiary/aromatic N) is 1. The molecule has 2 unspecified atom stereocenters. The van der Waals surface area contributed by atoms with E-state index in [1.807, 2.05) is 24.3 Å². The Balaban J connectivity index is 1.08. The standard InChI is InChI=1S/C27H25N3O2/c31-25(32)23-5-2-10-28-24(23)30-21-8-6-20(7-9-21)29-22-4-1-3-16(13-22)26-14-18-11-17-12-19(15-26)27(17,18)26/h1-10,13,17-19,29H,11-12,14-15H2,(H,28,30)(H,31,32). The molecule has 3 N–H and O–H groups in total. The van der Waals surface area contributed by atoms with Gasteiger partial charge in [0.05, 0.1) is 0 Å². The summed E-state index contributed by atoms with van der Waals surface area (Å²) in [4.78, 5) is 15.5. The minimum absolute atomic E-state index is 0.155. The Kier molecular flexibility index (Phi) is 3.49. The van der Waals surface area contributed by atoms with Gasteiger partial charge in [0.15, 0.2) is 0 Å². The number of aromatic carboxylic acids is 1. The zero-order valence-corrected chi connectivity index (χ0v) is 17.7. The highest BCUT2D eigenvalue weighted by Gasteiger charge is 2.87.